The number of carbonyl (C=O) groups excluding carboxylic acids is 1. The highest BCUT2D eigenvalue weighted by Gasteiger charge is 2.50. The number of alkyl halides is 3. The van der Waals surface area contributed by atoms with E-state index in [0.717, 1.165) is 25.7 Å². The predicted octanol–water partition coefficient (Wildman–Crippen LogP) is 7.30. The molecular formula is C27H47F3O5S. The van der Waals surface area contributed by atoms with E-state index >= 15 is 0 Å². The fraction of sp³-hybridized carbons (Fsp3) is 0.889. The molecule has 9 heteroatoms. The first kappa shape index (κ1) is 32.8. The maximum absolute atomic E-state index is 13.4. The van der Waals surface area contributed by atoms with Crippen molar-refractivity contribution < 1.29 is 36.8 Å². The van der Waals surface area contributed by atoms with Gasteiger partial charge in [0.25, 0.3) is 0 Å². The lowest BCUT2D eigenvalue weighted by atomic mass is 10.0. The Bertz CT molecular complexity index is 745. The van der Waals surface area contributed by atoms with Gasteiger partial charge in [-0.1, -0.05) is 84.0 Å². The highest BCUT2D eigenvalue weighted by atomic mass is 32.2. The molecule has 1 aliphatic carbocycles. The van der Waals surface area contributed by atoms with Gasteiger partial charge in [-0.2, -0.15) is 13.2 Å². The molecule has 0 bridgehead atoms. The van der Waals surface area contributed by atoms with Crippen LogP contribution in [-0.4, -0.2) is 50.9 Å². The molecule has 0 heterocycles. The van der Waals surface area contributed by atoms with Gasteiger partial charge in [0.2, 0.25) is 0 Å². The molecule has 0 aliphatic heterocycles. The van der Waals surface area contributed by atoms with Crippen molar-refractivity contribution in [1.82, 2.24) is 0 Å². The van der Waals surface area contributed by atoms with Gasteiger partial charge < -0.3 is 9.84 Å². The number of unbranched alkanes of at least 4 members (excludes halogenated alkanes) is 12. The van der Waals surface area contributed by atoms with Crippen molar-refractivity contribution in [2.24, 2.45) is 5.41 Å². The Balaban J connectivity index is 2.19. The second-order valence-electron chi connectivity index (χ2n) is 10.5. The quantitative estimate of drug-likeness (QED) is 0.0885. The number of ether oxygens (including phenoxy) is 1. The second kappa shape index (κ2) is 16.6. The van der Waals surface area contributed by atoms with Gasteiger partial charge >= 0.3 is 18.1 Å². The zero-order chi connectivity index (χ0) is 27.1. The van der Waals surface area contributed by atoms with Crippen LogP contribution in [0.1, 0.15) is 122 Å². The highest BCUT2D eigenvalue weighted by molar-refractivity contribution is 8.00. The molecular weight excluding hydrogens is 493 g/mol. The molecule has 1 fully saturated rings. The van der Waals surface area contributed by atoms with Crippen LogP contribution < -0.4 is 0 Å². The lowest BCUT2D eigenvalue weighted by Crippen LogP contribution is -2.36. The van der Waals surface area contributed by atoms with E-state index in [1.54, 1.807) is 0 Å². The average Bonchev–Trinajstić information content (AvgIpc) is 3.59. The highest BCUT2D eigenvalue weighted by Crippen LogP contribution is 2.49. The summed E-state index contributed by atoms with van der Waals surface area (Å²) in [4.78, 5) is 23.2. The van der Waals surface area contributed by atoms with Gasteiger partial charge in [0.05, 0.1) is 5.41 Å². The van der Waals surface area contributed by atoms with Crippen LogP contribution in [0.15, 0.2) is 0 Å². The van der Waals surface area contributed by atoms with Gasteiger partial charge in [-0.05, 0) is 41.1 Å². The van der Waals surface area contributed by atoms with Crippen LogP contribution in [0.2, 0.25) is 0 Å². The molecule has 36 heavy (non-hydrogen) atoms. The first-order valence-electron chi connectivity index (χ1n) is 13.7. The lowest BCUT2D eigenvalue weighted by molar-refractivity contribution is -0.221. The lowest BCUT2D eigenvalue weighted by Gasteiger charge is -2.22. The monoisotopic (exact) mass is 540 g/mol. The van der Waals surface area contributed by atoms with Gasteiger partial charge in [0, 0.05) is 24.3 Å². The Morgan fingerprint density at radius 2 is 1.39 bits per heavy atom. The molecule has 0 unspecified atom stereocenters. The number of aliphatic carboxylic acids is 1. The molecule has 1 N–H and O–H groups in total. The zero-order valence-electron chi connectivity index (χ0n) is 22.0. The third-order valence-corrected chi connectivity index (χ3v) is 9.06. The SMILES string of the molecule is C=[S@](=O)(CC[C@@H](OC(=O)CCCCCCCCCCCCCCC)C(F)(F)F)CCC1(C(=O)O)CC1. The third-order valence-electron chi connectivity index (χ3n) is 7.14. The maximum atomic E-state index is 13.4. The molecule has 0 aromatic carbocycles. The van der Waals surface area contributed by atoms with Crippen LogP contribution in [-0.2, 0) is 23.8 Å². The topological polar surface area (TPSA) is 80.7 Å². The standard InChI is InChI=1S/C27H47F3O5S/c1-3-4-5-6-7-8-9-10-11-12-13-14-15-16-24(31)35-23(27(28,29)30)17-21-36(2,34)22-20-26(18-19-26)25(32)33/h23H,2-22H2,1H3,(H,32,33)/t23-,36+/m1/s1. The molecule has 2 atom stereocenters. The molecule has 0 aromatic rings. The summed E-state index contributed by atoms with van der Waals surface area (Å²) in [5.41, 5.74) is -0.899. The fourth-order valence-electron chi connectivity index (χ4n) is 4.32. The molecule has 5 nitrogen and oxygen atoms in total. The average molecular weight is 541 g/mol. The van der Waals surface area contributed by atoms with Gasteiger partial charge in [-0.15, -0.1) is 0 Å². The molecule has 0 amide bonds. The number of carboxylic acid groups (broad SMARTS) is 1. The Labute approximate surface area is 215 Å². The van der Waals surface area contributed by atoms with Crippen LogP contribution >= 0.6 is 0 Å². The first-order chi connectivity index (χ1) is 16.9. The molecule has 1 aliphatic rings. The van der Waals surface area contributed by atoms with Gasteiger partial charge in [-0.25, -0.2) is 0 Å². The van der Waals surface area contributed by atoms with Crippen LogP contribution in [0.25, 0.3) is 0 Å². The summed E-state index contributed by atoms with van der Waals surface area (Å²) in [6.45, 7) is 2.21. The summed E-state index contributed by atoms with van der Waals surface area (Å²) in [7, 11) is -2.90. The summed E-state index contributed by atoms with van der Waals surface area (Å²) in [6.07, 6.45) is 8.05. The third kappa shape index (κ3) is 14.5. The predicted molar refractivity (Wildman–Crippen MR) is 140 cm³/mol. The van der Waals surface area contributed by atoms with Crippen molar-refractivity contribution in [1.29, 1.82) is 0 Å². The fourth-order valence-corrected chi connectivity index (χ4v) is 5.93. The van der Waals surface area contributed by atoms with Crippen molar-refractivity contribution >= 4 is 27.3 Å². The van der Waals surface area contributed by atoms with Crippen LogP contribution in [0.3, 0.4) is 0 Å². The van der Waals surface area contributed by atoms with Crippen LogP contribution in [0.4, 0.5) is 13.2 Å². The summed E-state index contributed by atoms with van der Waals surface area (Å²) in [5, 5.41) is 9.20. The van der Waals surface area contributed by atoms with Gasteiger partial charge in [-0.3, -0.25) is 13.8 Å². The van der Waals surface area contributed by atoms with E-state index in [9.17, 15) is 32.1 Å². The van der Waals surface area contributed by atoms with E-state index in [1.165, 1.54) is 51.4 Å². The molecule has 0 radical (unpaired) electrons. The number of hydrogen-bond donors (Lipinski definition) is 1. The molecule has 0 saturated heterocycles. The molecule has 1 saturated carbocycles. The number of esters is 1. The zero-order valence-corrected chi connectivity index (χ0v) is 22.9. The van der Waals surface area contributed by atoms with Crippen LogP contribution in [0, 0.1) is 5.41 Å². The van der Waals surface area contributed by atoms with Gasteiger partial charge in [0.15, 0.2) is 6.10 Å². The van der Waals surface area contributed by atoms with E-state index in [2.05, 4.69) is 12.8 Å². The maximum Gasteiger partial charge on any atom is 0.425 e. The number of carboxylic acids is 1. The molecule has 1 rings (SSSR count). The number of rotatable bonds is 22. The van der Waals surface area contributed by atoms with E-state index in [4.69, 9.17) is 4.74 Å². The Hall–Kier alpha value is -1.25. The Kier molecular flexibility index (Phi) is 15.1. The van der Waals surface area contributed by atoms with Gasteiger partial charge in [0.1, 0.15) is 0 Å². The summed E-state index contributed by atoms with van der Waals surface area (Å²) in [5.74, 6) is 1.27. The summed E-state index contributed by atoms with van der Waals surface area (Å²) < 4.78 is 57.4. The Morgan fingerprint density at radius 1 is 0.917 bits per heavy atom. The van der Waals surface area contributed by atoms with Crippen molar-refractivity contribution in [3.63, 3.8) is 0 Å². The van der Waals surface area contributed by atoms with Crippen molar-refractivity contribution in [3.05, 3.63) is 0 Å². The Morgan fingerprint density at radius 3 is 1.81 bits per heavy atom. The first-order valence-corrected chi connectivity index (χ1v) is 15.8. The minimum Gasteiger partial charge on any atom is -0.481 e. The van der Waals surface area contributed by atoms with E-state index in [-0.39, 0.29) is 24.3 Å². The molecule has 0 aromatic heterocycles. The molecule has 0 spiro atoms. The second-order valence-corrected chi connectivity index (χ2v) is 13.3. The number of hydrogen-bond acceptors (Lipinski definition) is 4. The van der Waals surface area contributed by atoms with E-state index in [1.807, 2.05) is 0 Å². The van der Waals surface area contributed by atoms with Crippen molar-refractivity contribution in [2.45, 2.75) is 135 Å². The minimum absolute atomic E-state index is 0.0449. The van der Waals surface area contributed by atoms with Crippen molar-refractivity contribution in [2.75, 3.05) is 11.5 Å². The molecule has 212 valence electrons. The van der Waals surface area contributed by atoms with Crippen molar-refractivity contribution in [3.8, 4) is 0 Å². The van der Waals surface area contributed by atoms with E-state index in [0.29, 0.717) is 19.3 Å². The number of halogens is 3. The smallest absolute Gasteiger partial charge is 0.425 e. The minimum atomic E-state index is -4.75. The summed E-state index contributed by atoms with van der Waals surface area (Å²) in [6, 6.07) is 0. The number of carbonyl (C=O) groups is 2. The normalized spacial score (nSPS) is 17.3. The van der Waals surface area contributed by atoms with Crippen LogP contribution in [0.5, 0.6) is 0 Å². The largest absolute Gasteiger partial charge is 0.481 e. The summed E-state index contributed by atoms with van der Waals surface area (Å²) >= 11 is 0. The van der Waals surface area contributed by atoms with E-state index < -0.39 is 45.6 Å².